The van der Waals surface area contributed by atoms with Crippen LogP contribution in [0.3, 0.4) is 0 Å². The fourth-order valence-corrected chi connectivity index (χ4v) is 5.43. The highest BCUT2D eigenvalue weighted by Gasteiger charge is 2.06. The highest BCUT2D eigenvalue weighted by molar-refractivity contribution is 6.22. The molecule has 38 heavy (non-hydrogen) atoms. The minimum Gasteiger partial charge on any atom is -0.466 e. The summed E-state index contributed by atoms with van der Waals surface area (Å²) in [6.07, 6.45) is 20.5. The van der Waals surface area contributed by atoms with Crippen LogP contribution >= 0.6 is 0 Å². The number of esters is 1. The van der Waals surface area contributed by atoms with E-state index in [1.165, 1.54) is 116 Å². The Labute approximate surface area is 231 Å². The Kier molecular flexibility index (Phi) is 14.0. The molecule has 4 aromatic carbocycles. The third kappa shape index (κ3) is 9.93. The third-order valence-electron chi connectivity index (χ3n) is 7.61. The molecule has 0 atom stereocenters. The van der Waals surface area contributed by atoms with Crippen molar-refractivity contribution in [1.82, 2.24) is 0 Å². The summed E-state index contributed by atoms with van der Waals surface area (Å²) in [5.74, 6) is -0.0304. The highest BCUT2D eigenvalue weighted by Crippen LogP contribution is 2.33. The summed E-state index contributed by atoms with van der Waals surface area (Å²) in [7, 11) is 0. The Hall–Kier alpha value is -2.61. The van der Waals surface area contributed by atoms with E-state index in [4.69, 9.17) is 4.74 Å². The van der Waals surface area contributed by atoms with Crippen LogP contribution in [0.15, 0.2) is 60.7 Å². The maximum absolute atomic E-state index is 11.2. The van der Waals surface area contributed by atoms with Crippen LogP contribution in [-0.4, -0.2) is 12.6 Å². The van der Waals surface area contributed by atoms with E-state index in [-0.39, 0.29) is 5.97 Å². The Balaban J connectivity index is 0.000000218. The molecule has 2 heteroatoms. The number of hydrogen-bond donors (Lipinski definition) is 0. The summed E-state index contributed by atoms with van der Waals surface area (Å²) < 4.78 is 5.15. The molecule has 0 fully saturated rings. The Morgan fingerprint density at radius 3 is 1.24 bits per heavy atom. The molecular weight excluding hydrogens is 464 g/mol. The molecule has 4 rings (SSSR count). The topological polar surface area (TPSA) is 26.3 Å². The van der Waals surface area contributed by atoms with Crippen LogP contribution in [0.4, 0.5) is 0 Å². The molecule has 0 aliphatic heterocycles. The van der Waals surface area contributed by atoms with Gasteiger partial charge in [-0.3, -0.25) is 4.79 Å². The molecule has 0 radical (unpaired) electrons. The molecule has 0 aliphatic rings. The van der Waals surface area contributed by atoms with Crippen molar-refractivity contribution in [3.63, 3.8) is 0 Å². The van der Waals surface area contributed by atoms with Crippen molar-refractivity contribution in [2.45, 2.75) is 117 Å². The van der Waals surface area contributed by atoms with E-state index < -0.39 is 0 Å². The second-order valence-electron chi connectivity index (χ2n) is 10.9. The van der Waals surface area contributed by atoms with Gasteiger partial charge in [-0.1, -0.05) is 158 Å². The SMILES string of the molecule is CCCCCCCCCCCCCCCCOC(=O)CCC.c1cc2ccc3cccc4ccc(c1)c2c34. The monoisotopic (exact) mass is 514 g/mol. The van der Waals surface area contributed by atoms with Gasteiger partial charge in [0, 0.05) is 6.42 Å². The molecule has 0 N–H and O–H groups in total. The van der Waals surface area contributed by atoms with Crippen molar-refractivity contribution in [3.8, 4) is 0 Å². The van der Waals surface area contributed by atoms with Gasteiger partial charge in [0.2, 0.25) is 0 Å². The van der Waals surface area contributed by atoms with E-state index in [9.17, 15) is 4.79 Å². The molecule has 2 nitrogen and oxygen atoms in total. The summed E-state index contributed by atoms with van der Waals surface area (Å²) in [6, 6.07) is 21.9. The maximum Gasteiger partial charge on any atom is 0.305 e. The van der Waals surface area contributed by atoms with E-state index in [1.807, 2.05) is 6.92 Å². The normalized spacial score (nSPS) is 11.2. The number of unbranched alkanes of at least 4 members (excludes halogenated alkanes) is 13. The fraction of sp³-hybridized carbons (Fsp3) is 0.528. The molecule has 0 bridgehead atoms. The summed E-state index contributed by atoms with van der Waals surface area (Å²) in [5.41, 5.74) is 0. The number of rotatable bonds is 17. The largest absolute Gasteiger partial charge is 0.466 e. The van der Waals surface area contributed by atoms with Gasteiger partial charge in [0.15, 0.2) is 0 Å². The van der Waals surface area contributed by atoms with Gasteiger partial charge >= 0.3 is 5.97 Å². The second kappa shape index (κ2) is 17.8. The van der Waals surface area contributed by atoms with E-state index >= 15 is 0 Å². The molecule has 0 saturated carbocycles. The quantitative estimate of drug-likeness (QED) is 0.0795. The van der Waals surface area contributed by atoms with E-state index in [2.05, 4.69) is 67.6 Å². The molecule has 0 aliphatic carbocycles. The molecule has 0 heterocycles. The lowest BCUT2D eigenvalue weighted by molar-refractivity contribution is -0.143. The van der Waals surface area contributed by atoms with Crippen LogP contribution in [0, 0.1) is 0 Å². The number of benzene rings is 4. The van der Waals surface area contributed by atoms with Crippen molar-refractivity contribution in [1.29, 1.82) is 0 Å². The lowest BCUT2D eigenvalue weighted by Gasteiger charge is -2.09. The van der Waals surface area contributed by atoms with Gasteiger partial charge in [-0.2, -0.15) is 0 Å². The highest BCUT2D eigenvalue weighted by atomic mass is 16.5. The average molecular weight is 515 g/mol. The van der Waals surface area contributed by atoms with E-state index in [0.29, 0.717) is 13.0 Å². The van der Waals surface area contributed by atoms with E-state index in [1.54, 1.807) is 0 Å². The molecular formula is C36H50O2. The zero-order valence-corrected chi connectivity index (χ0v) is 24.1. The average Bonchev–Trinajstić information content (AvgIpc) is 2.94. The fourth-order valence-electron chi connectivity index (χ4n) is 5.43. The summed E-state index contributed by atoms with van der Waals surface area (Å²) in [6.45, 7) is 4.91. The standard InChI is InChI=1S/C20H40O2.C16H10/c1-3-5-6-7-8-9-10-11-12-13-14-15-16-17-19-22-20(21)18-4-2;1-3-11-7-9-13-5-2-6-14-10-8-12(4-1)15(11)16(13)14/h3-19H2,1-2H3;1-10H. The number of carbonyl (C=O) groups is 1. The van der Waals surface area contributed by atoms with Crippen LogP contribution in [-0.2, 0) is 9.53 Å². The van der Waals surface area contributed by atoms with Crippen molar-refractivity contribution in [3.05, 3.63) is 60.7 Å². The predicted octanol–water partition coefficient (Wildman–Crippen LogP) is 11.4. The molecule has 4 aromatic rings. The van der Waals surface area contributed by atoms with Crippen LogP contribution in [0.25, 0.3) is 32.3 Å². The Bertz CT molecular complexity index is 1050. The molecule has 0 saturated heterocycles. The minimum absolute atomic E-state index is 0.0304. The van der Waals surface area contributed by atoms with Gasteiger partial charge in [-0.05, 0) is 45.2 Å². The molecule has 0 unspecified atom stereocenters. The first kappa shape index (κ1) is 29.9. The summed E-state index contributed by atoms with van der Waals surface area (Å²) in [4.78, 5) is 11.2. The van der Waals surface area contributed by atoms with Crippen molar-refractivity contribution in [2.24, 2.45) is 0 Å². The Morgan fingerprint density at radius 1 is 0.500 bits per heavy atom. The van der Waals surface area contributed by atoms with Gasteiger partial charge < -0.3 is 4.74 Å². The van der Waals surface area contributed by atoms with Crippen molar-refractivity contribution >= 4 is 38.3 Å². The molecule has 0 aromatic heterocycles. The first-order valence-electron chi connectivity index (χ1n) is 15.5. The van der Waals surface area contributed by atoms with Gasteiger partial charge in [-0.15, -0.1) is 0 Å². The van der Waals surface area contributed by atoms with Crippen molar-refractivity contribution in [2.75, 3.05) is 6.61 Å². The maximum atomic E-state index is 11.2. The number of hydrogen-bond acceptors (Lipinski definition) is 2. The zero-order valence-electron chi connectivity index (χ0n) is 24.1. The lowest BCUT2D eigenvalue weighted by atomic mass is 9.95. The molecule has 0 amide bonds. The van der Waals surface area contributed by atoms with Crippen molar-refractivity contribution < 1.29 is 9.53 Å². The van der Waals surface area contributed by atoms with Gasteiger partial charge in [0.1, 0.15) is 0 Å². The smallest absolute Gasteiger partial charge is 0.305 e. The van der Waals surface area contributed by atoms with Crippen LogP contribution in [0.2, 0.25) is 0 Å². The lowest BCUT2D eigenvalue weighted by Crippen LogP contribution is -2.04. The van der Waals surface area contributed by atoms with E-state index in [0.717, 1.165) is 12.8 Å². The number of ether oxygens (including phenoxy) is 1. The van der Waals surface area contributed by atoms with Crippen LogP contribution in [0.5, 0.6) is 0 Å². The minimum atomic E-state index is -0.0304. The first-order chi connectivity index (χ1) is 18.7. The predicted molar refractivity (Wildman–Crippen MR) is 166 cm³/mol. The second-order valence-corrected chi connectivity index (χ2v) is 10.9. The van der Waals surface area contributed by atoms with Gasteiger partial charge in [0.25, 0.3) is 0 Å². The van der Waals surface area contributed by atoms with Gasteiger partial charge in [-0.25, -0.2) is 0 Å². The third-order valence-corrected chi connectivity index (χ3v) is 7.61. The summed E-state index contributed by atoms with van der Waals surface area (Å²) >= 11 is 0. The Morgan fingerprint density at radius 2 is 0.868 bits per heavy atom. The zero-order chi connectivity index (χ0) is 26.8. The molecule has 0 spiro atoms. The van der Waals surface area contributed by atoms with Gasteiger partial charge in [0.05, 0.1) is 6.61 Å². The van der Waals surface area contributed by atoms with Crippen LogP contribution in [0.1, 0.15) is 117 Å². The first-order valence-corrected chi connectivity index (χ1v) is 15.5. The number of carbonyl (C=O) groups excluding carboxylic acids is 1. The summed E-state index contributed by atoms with van der Waals surface area (Å²) in [5, 5.41) is 8.14. The molecule has 206 valence electrons. The van der Waals surface area contributed by atoms with Crippen LogP contribution < -0.4 is 0 Å².